The van der Waals surface area contributed by atoms with Gasteiger partial charge >= 0.3 is 0 Å². The van der Waals surface area contributed by atoms with E-state index in [-0.39, 0.29) is 11.9 Å². The molecule has 1 heterocycles. The number of amides is 1. The number of carbonyl (C=O) groups is 1. The molecule has 1 amide bonds. The molecule has 4 heteroatoms. The summed E-state index contributed by atoms with van der Waals surface area (Å²) >= 11 is 3.45. The monoisotopic (exact) mass is 310 g/mol. The van der Waals surface area contributed by atoms with Crippen molar-refractivity contribution < 1.29 is 4.79 Å². The van der Waals surface area contributed by atoms with Gasteiger partial charge in [-0.15, -0.1) is 0 Å². The van der Waals surface area contributed by atoms with E-state index < -0.39 is 0 Å². The lowest BCUT2D eigenvalue weighted by molar-refractivity contribution is 0.0912. The van der Waals surface area contributed by atoms with Crippen LogP contribution in [-0.4, -0.2) is 37.0 Å². The van der Waals surface area contributed by atoms with E-state index >= 15 is 0 Å². The maximum Gasteiger partial charge on any atom is 0.251 e. The minimum atomic E-state index is 0.0332. The van der Waals surface area contributed by atoms with Gasteiger partial charge in [0, 0.05) is 22.6 Å². The Kier molecular flexibility index (Phi) is 4.40. The molecule has 1 fully saturated rings. The Morgan fingerprint density at radius 2 is 2.28 bits per heavy atom. The van der Waals surface area contributed by atoms with Gasteiger partial charge in [0.25, 0.3) is 5.91 Å². The van der Waals surface area contributed by atoms with Crippen LogP contribution in [0.4, 0.5) is 0 Å². The second-order valence-corrected chi connectivity index (χ2v) is 5.89. The summed E-state index contributed by atoms with van der Waals surface area (Å²) in [6, 6.07) is 5.99. The van der Waals surface area contributed by atoms with Crippen LogP contribution in [0.1, 0.15) is 28.8 Å². The molecular formula is C14H19BrN2O. The van der Waals surface area contributed by atoms with Gasteiger partial charge in [-0.25, -0.2) is 0 Å². The largest absolute Gasteiger partial charge is 0.348 e. The molecule has 18 heavy (non-hydrogen) atoms. The van der Waals surface area contributed by atoms with Crippen molar-refractivity contribution >= 4 is 21.8 Å². The number of hydrogen-bond acceptors (Lipinski definition) is 2. The van der Waals surface area contributed by atoms with Crippen LogP contribution in [0, 0.1) is 6.92 Å². The third-order valence-corrected chi connectivity index (χ3v) is 4.27. The molecule has 0 aliphatic carbocycles. The molecule has 1 aromatic carbocycles. The minimum Gasteiger partial charge on any atom is -0.348 e. The lowest BCUT2D eigenvalue weighted by Crippen LogP contribution is -2.46. The highest BCUT2D eigenvalue weighted by Crippen LogP contribution is 2.17. The van der Waals surface area contributed by atoms with Crippen LogP contribution in [0.15, 0.2) is 22.7 Å². The van der Waals surface area contributed by atoms with Crippen LogP contribution < -0.4 is 5.32 Å². The molecular weight excluding hydrogens is 292 g/mol. The SMILES string of the molecule is Cc1cc(C(=O)NC2CCCN(C)C2)ccc1Br. The summed E-state index contributed by atoms with van der Waals surface area (Å²) in [5.74, 6) is 0.0332. The van der Waals surface area contributed by atoms with E-state index in [2.05, 4.69) is 33.2 Å². The molecule has 0 radical (unpaired) electrons. The van der Waals surface area contributed by atoms with Gasteiger partial charge in [0.05, 0.1) is 0 Å². The third kappa shape index (κ3) is 3.33. The van der Waals surface area contributed by atoms with E-state index in [4.69, 9.17) is 0 Å². The standard InChI is InChI=1S/C14H19BrN2O/c1-10-8-11(5-6-13(10)15)14(18)16-12-4-3-7-17(2)9-12/h5-6,8,12H,3-4,7,9H2,1-2H3,(H,16,18). The average Bonchev–Trinajstić information content (AvgIpc) is 2.32. The van der Waals surface area contributed by atoms with Gasteiger partial charge in [0.1, 0.15) is 0 Å². The fourth-order valence-electron chi connectivity index (χ4n) is 2.34. The number of rotatable bonds is 2. The van der Waals surface area contributed by atoms with E-state index in [9.17, 15) is 4.79 Å². The van der Waals surface area contributed by atoms with Gasteiger partial charge in [-0.3, -0.25) is 4.79 Å². The zero-order valence-corrected chi connectivity index (χ0v) is 12.5. The molecule has 98 valence electrons. The molecule has 1 aliphatic rings. The summed E-state index contributed by atoms with van der Waals surface area (Å²) < 4.78 is 1.04. The van der Waals surface area contributed by atoms with Gasteiger partial charge < -0.3 is 10.2 Å². The zero-order valence-electron chi connectivity index (χ0n) is 10.9. The van der Waals surface area contributed by atoms with Gasteiger partial charge in [0.15, 0.2) is 0 Å². The molecule has 1 atom stereocenters. The fourth-order valence-corrected chi connectivity index (χ4v) is 2.59. The molecule has 0 spiro atoms. The number of nitrogens with one attached hydrogen (secondary N) is 1. The van der Waals surface area contributed by atoms with Crippen molar-refractivity contribution in [1.29, 1.82) is 0 Å². The van der Waals surface area contributed by atoms with E-state index in [1.165, 1.54) is 0 Å². The van der Waals surface area contributed by atoms with Gasteiger partial charge in [-0.1, -0.05) is 15.9 Å². The second kappa shape index (κ2) is 5.85. The summed E-state index contributed by atoms with van der Waals surface area (Å²) in [6.07, 6.45) is 2.23. The highest BCUT2D eigenvalue weighted by atomic mass is 79.9. The first kappa shape index (κ1) is 13.6. The zero-order chi connectivity index (χ0) is 13.1. The van der Waals surface area contributed by atoms with E-state index in [1.807, 2.05) is 25.1 Å². The molecule has 1 aromatic rings. The molecule has 1 N–H and O–H groups in total. The number of hydrogen-bond donors (Lipinski definition) is 1. The highest BCUT2D eigenvalue weighted by Gasteiger charge is 2.19. The Morgan fingerprint density at radius 1 is 1.50 bits per heavy atom. The van der Waals surface area contributed by atoms with E-state index in [0.717, 1.165) is 41.5 Å². The maximum absolute atomic E-state index is 12.1. The summed E-state index contributed by atoms with van der Waals surface area (Å²) in [7, 11) is 2.10. The molecule has 3 nitrogen and oxygen atoms in total. The number of halogens is 1. The normalized spacial score (nSPS) is 20.7. The Bertz CT molecular complexity index is 447. The van der Waals surface area contributed by atoms with Crippen LogP contribution in [0.25, 0.3) is 0 Å². The molecule has 2 rings (SSSR count). The van der Waals surface area contributed by atoms with Crippen molar-refractivity contribution in [1.82, 2.24) is 10.2 Å². The van der Waals surface area contributed by atoms with Crippen molar-refractivity contribution in [3.63, 3.8) is 0 Å². The number of benzene rings is 1. The Hall–Kier alpha value is -0.870. The highest BCUT2D eigenvalue weighted by molar-refractivity contribution is 9.10. The first-order chi connectivity index (χ1) is 8.56. The number of aryl methyl sites for hydroxylation is 1. The minimum absolute atomic E-state index is 0.0332. The quantitative estimate of drug-likeness (QED) is 0.910. The van der Waals surface area contributed by atoms with Gasteiger partial charge in [-0.05, 0) is 57.1 Å². The van der Waals surface area contributed by atoms with Gasteiger partial charge in [-0.2, -0.15) is 0 Å². The summed E-state index contributed by atoms with van der Waals surface area (Å²) in [5, 5.41) is 3.12. The molecule has 1 aliphatic heterocycles. The van der Waals surface area contributed by atoms with Crippen molar-refractivity contribution in [3.05, 3.63) is 33.8 Å². The number of likely N-dealkylation sites (tertiary alicyclic amines) is 1. The lowest BCUT2D eigenvalue weighted by atomic mass is 10.1. The van der Waals surface area contributed by atoms with Crippen molar-refractivity contribution in [2.45, 2.75) is 25.8 Å². The smallest absolute Gasteiger partial charge is 0.251 e. The number of likely N-dealkylation sites (N-methyl/N-ethyl adjacent to an activating group) is 1. The molecule has 0 aromatic heterocycles. The van der Waals surface area contributed by atoms with E-state index in [1.54, 1.807) is 0 Å². The number of nitrogens with zero attached hydrogens (tertiary/aromatic N) is 1. The maximum atomic E-state index is 12.1. The topological polar surface area (TPSA) is 32.3 Å². The number of piperidine rings is 1. The van der Waals surface area contributed by atoms with Crippen LogP contribution in [0.5, 0.6) is 0 Å². The predicted molar refractivity (Wildman–Crippen MR) is 76.9 cm³/mol. The number of carbonyl (C=O) groups excluding carboxylic acids is 1. The molecule has 0 bridgehead atoms. The van der Waals surface area contributed by atoms with Gasteiger partial charge in [0.2, 0.25) is 0 Å². The first-order valence-corrected chi connectivity index (χ1v) is 7.11. The second-order valence-electron chi connectivity index (χ2n) is 5.04. The average molecular weight is 311 g/mol. The molecule has 0 saturated carbocycles. The summed E-state index contributed by atoms with van der Waals surface area (Å²) in [5.41, 5.74) is 1.83. The van der Waals surface area contributed by atoms with Crippen molar-refractivity contribution in [2.24, 2.45) is 0 Å². The Balaban J connectivity index is 2.00. The van der Waals surface area contributed by atoms with Crippen LogP contribution >= 0.6 is 15.9 Å². The summed E-state index contributed by atoms with van der Waals surface area (Å²) in [4.78, 5) is 14.4. The van der Waals surface area contributed by atoms with Crippen LogP contribution in [-0.2, 0) is 0 Å². The summed E-state index contributed by atoms with van der Waals surface area (Å²) in [6.45, 7) is 4.07. The first-order valence-electron chi connectivity index (χ1n) is 6.32. The van der Waals surface area contributed by atoms with Crippen LogP contribution in [0.3, 0.4) is 0 Å². The van der Waals surface area contributed by atoms with Crippen LogP contribution in [0.2, 0.25) is 0 Å². The predicted octanol–water partition coefficient (Wildman–Crippen LogP) is 2.58. The Morgan fingerprint density at radius 3 is 2.94 bits per heavy atom. The fraction of sp³-hybridized carbons (Fsp3) is 0.500. The molecule has 1 saturated heterocycles. The van der Waals surface area contributed by atoms with E-state index in [0.29, 0.717) is 0 Å². The Labute approximate surface area is 117 Å². The lowest BCUT2D eigenvalue weighted by Gasteiger charge is -2.30. The molecule has 1 unspecified atom stereocenters. The van der Waals surface area contributed by atoms with Crippen molar-refractivity contribution in [3.8, 4) is 0 Å². The van der Waals surface area contributed by atoms with Crippen molar-refractivity contribution in [2.75, 3.05) is 20.1 Å². The third-order valence-electron chi connectivity index (χ3n) is 3.38.